The van der Waals surface area contributed by atoms with Crippen LogP contribution in [0.5, 0.6) is 0 Å². The van der Waals surface area contributed by atoms with Gasteiger partial charge in [0.25, 0.3) is 0 Å². The van der Waals surface area contributed by atoms with E-state index in [1.807, 2.05) is 0 Å². The fourth-order valence-electron chi connectivity index (χ4n) is 2.53. The number of hydrogen-bond donors (Lipinski definition) is 1. The minimum Gasteiger partial charge on any atom is -0.306 e. The number of rotatable bonds is 3. The molecule has 0 bridgehead atoms. The summed E-state index contributed by atoms with van der Waals surface area (Å²) < 4.78 is 13.1. The zero-order valence-corrected chi connectivity index (χ0v) is 11.7. The summed E-state index contributed by atoms with van der Waals surface area (Å²) in [6.07, 6.45) is 2.43. The number of nitrogens with one attached hydrogen (secondary N) is 1. The molecule has 2 rings (SSSR count). The van der Waals surface area contributed by atoms with E-state index in [1.54, 1.807) is 12.1 Å². The molecule has 18 heavy (non-hydrogen) atoms. The molecular weight excluding hydrogens is 251 g/mol. The average Bonchev–Trinajstić information content (AvgIpc) is 2.32. The molecular formula is C14H20ClFN2. The Hall–Kier alpha value is -0.640. The summed E-state index contributed by atoms with van der Waals surface area (Å²) in [5.41, 5.74) is 1.04. The Balaban J connectivity index is 1.98. The number of hydrogen-bond acceptors (Lipinski definition) is 2. The second-order valence-corrected chi connectivity index (χ2v) is 5.57. The summed E-state index contributed by atoms with van der Waals surface area (Å²) in [6, 6.07) is 5.64. The van der Waals surface area contributed by atoms with Crippen LogP contribution < -0.4 is 5.32 Å². The molecule has 2 unspecified atom stereocenters. The smallest absolute Gasteiger partial charge is 0.141 e. The normalized spacial score (nSPS) is 23.0. The first-order valence-corrected chi connectivity index (χ1v) is 6.83. The van der Waals surface area contributed by atoms with E-state index in [9.17, 15) is 4.39 Å². The van der Waals surface area contributed by atoms with Crippen LogP contribution in [0, 0.1) is 5.82 Å². The Bertz CT molecular complexity index is 411. The molecule has 1 heterocycles. The van der Waals surface area contributed by atoms with Gasteiger partial charge >= 0.3 is 0 Å². The minimum atomic E-state index is -0.356. The maximum Gasteiger partial charge on any atom is 0.141 e. The predicted molar refractivity (Wildman–Crippen MR) is 73.5 cm³/mol. The lowest BCUT2D eigenvalue weighted by atomic mass is 10.0. The summed E-state index contributed by atoms with van der Waals surface area (Å²) in [7, 11) is 2.15. The Morgan fingerprint density at radius 3 is 2.94 bits per heavy atom. The van der Waals surface area contributed by atoms with E-state index in [1.165, 1.54) is 25.5 Å². The van der Waals surface area contributed by atoms with Crippen LogP contribution in [0.3, 0.4) is 0 Å². The summed E-state index contributed by atoms with van der Waals surface area (Å²) in [6.45, 7) is 4.34. The van der Waals surface area contributed by atoms with Crippen molar-refractivity contribution < 1.29 is 4.39 Å². The molecule has 1 fully saturated rings. The van der Waals surface area contributed by atoms with Crippen LogP contribution in [0.4, 0.5) is 4.39 Å². The molecule has 2 nitrogen and oxygen atoms in total. The highest BCUT2D eigenvalue weighted by Gasteiger charge is 2.19. The molecule has 1 N–H and O–H groups in total. The van der Waals surface area contributed by atoms with Gasteiger partial charge in [0, 0.05) is 18.6 Å². The predicted octanol–water partition coefficient (Wildman–Crippen LogP) is 3.22. The van der Waals surface area contributed by atoms with Crippen LogP contribution in [0.15, 0.2) is 18.2 Å². The van der Waals surface area contributed by atoms with Gasteiger partial charge in [0.05, 0.1) is 5.02 Å². The van der Waals surface area contributed by atoms with Crippen molar-refractivity contribution in [2.75, 3.05) is 20.1 Å². The minimum absolute atomic E-state index is 0.194. The molecule has 1 aromatic carbocycles. The molecule has 0 aliphatic carbocycles. The number of halogens is 2. The third-order valence-corrected chi connectivity index (χ3v) is 3.84. The summed E-state index contributed by atoms with van der Waals surface area (Å²) in [5, 5.41) is 3.79. The molecule has 1 aromatic rings. The Morgan fingerprint density at radius 2 is 2.28 bits per heavy atom. The van der Waals surface area contributed by atoms with Gasteiger partial charge in [-0.1, -0.05) is 17.7 Å². The van der Waals surface area contributed by atoms with Crippen molar-refractivity contribution in [2.24, 2.45) is 0 Å². The number of benzene rings is 1. The van der Waals surface area contributed by atoms with Crippen LogP contribution in [0.25, 0.3) is 0 Å². The van der Waals surface area contributed by atoms with Gasteiger partial charge in [-0.3, -0.25) is 0 Å². The lowest BCUT2D eigenvalue weighted by Crippen LogP contribution is -2.44. The van der Waals surface area contributed by atoms with Gasteiger partial charge in [0.15, 0.2) is 0 Å². The topological polar surface area (TPSA) is 15.3 Å². The van der Waals surface area contributed by atoms with Crippen LogP contribution in [0.2, 0.25) is 5.02 Å². The van der Waals surface area contributed by atoms with Crippen LogP contribution in [0.1, 0.15) is 31.4 Å². The zero-order valence-electron chi connectivity index (χ0n) is 10.9. The molecule has 100 valence electrons. The molecule has 0 amide bonds. The van der Waals surface area contributed by atoms with Crippen molar-refractivity contribution in [1.29, 1.82) is 0 Å². The third kappa shape index (κ3) is 3.44. The van der Waals surface area contributed by atoms with Crippen LogP contribution in [-0.2, 0) is 0 Å². The van der Waals surface area contributed by atoms with Crippen molar-refractivity contribution in [3.05, 3.63) is 34.6 Å². The van der Waals surface area contributed by atoms with E-state index in [-0.39, 0.29) is 16.9 Å². The fraction of sp³-hybridized carbons (Fsp3) is 0.571. The second-order valence-electron chi connectivity index (χ2n) is 5.16. The van der Waals surface area contributed by atoms with E-state index in [0.717, 1.165) is 12.1 Å². The van der Waals surface area contributed by atoms with Crippen molar-refractivity contribution in [1.82, 2.24) is 10.2 Å². The maximum atomic E-state index is 13.1. The SMILES string of the molecule is CC(NC1CCCN(C)C1)c1ccc(F)c(Cl)c1. The quantitative estimate of drug-likeness (QED) is 0.907. The lowest BCUT2D eigenvalue weighted by molar-refractivity contribution is 0.218. The van der Waals surface area contributed by atoms with Gasteiger partial charge in [-0.05, 0) is 51.1 Å². The highest BCUT2D eigenvalue weighted by atomic mass is 35.5. The number of likely N-dealkylation sites (tertiary alicyclic amines) is 1. The summed E-state index contributed by atoms with van der Waals surface area (Å²) >= 11 is 5.81. The van der Waals surface area contributed by atoms with Gasteiger partial charge in [0.2, 0.25) is 0 Å². The molecule has 0 radical (unpaired) electrons. The third-order valence-electron chi connectivity index (χ3n) is 3.55. The highest BCUT2D eigenvalue weighted by Crippen LogP contribution is 2.22. The Morgan fingerprint density at radius 1 is 1.50 bits per heavy atom. The first-order chi connectivity index (χ1) is 8.56. The van der Waals surface area contributed by atoms with E-state index >= 15 is 0 Å². The molecule has 0 aromatic heterocycles. The Kier molecular flexibility index (Phi) is 4.60. The van der Waals surface area contributed by atoms with Crippen molar-refractivity contribution in [3.63, 3.8) is 0 Å². The zero-order chi connectivity index (χ0) is 13.1. The van der Waals surface area contributed by atoms with Crippen molar-refractivity contribution in [2.45, 2.75) is 31.8 Å². The summed E-state index contributed by atoms with van der Waals surface area (Å²) in [4.78, 5) is 2.34. The molecule has 1 aliphatic heterocycles. The van der Waals surface area contributed by atoms with E-state index < -0.39 is 0 Å². The monoisotopic (exact) mass is 270 g/mol. The first kappa shape index (κ1) is 13.8. The molecule has 4 heteroatoms. The highest BCUT2D eigenvalue weighted by molar-refractivity contribution is 6.30. The van der Waals surface area contributed by atoms with Gasteiger partial charge in [-0.15, -0.1) is 0 Å². The van der Waals surface area contributed by atoms with E-state index in [0.29, 0.717) is 6.04 Å². The van der Waals surface area contributed by atoms with E-state index in [4.69, 9.17) is 11.6 Å². The average molecular weight is 271 g/mol. The number of likely N-dealkylation sites (N-methyl/N-ethyl adjacent to an activating group) is 1. The van der Waals surface area contributed by atoms with Gasteiger partial charge < -0.3 is 10.2 Å². The largest absolute Gasteiger partial charge is 0.306 e. The molecule has 0 spiro atoms. The maximum absolute atomic E-state index is 13.1. The van der Waals surface area contributed by atoms with Crippen LogP contribution >= 0.6 is 11.6 Å². The molecule has 2 atom stereocenters. The van der Waals surface area contributed by atoms with Gasteiger partial charge in [0.1, 0.15) is 5.82 Å². The standard InChI is InChI=1S/C14H20ClFN2/c1-10(11-5-6-14(16)13(15)8-11)17-12-4-3-7-18(2)9-12/h5-6,8,10,12,17H,3-4,7,9H2,1-2H3. The van der Waals surface area contributed by atoms with Crippen molar-refractivity contribution >= 4 is 11.6 Å². The van der Waals surface area contributed by atoms with Crippen LogP contribution in [-0.4, -0.2) is 31.1 Å². The Labute approximate surface area is 113 Å². The molecule has 1 aliphatic rings. The van der Waals surface area contributed by atoms with Crippen molar-refractivity contribution in [3.8, 4) is 0 Å². The number of piperidine rings is 1. The van der Waals surface area contributed by atoms with Gasteiger partial charge in [-0.2, -0.15) is 0 Å². The van der Waals surface area contributed by atoms with Gasteiger partial charge in [-0.25, -0.2) is 4.39 Å². The second kappa shape index (κ2) is 6.00. The summed E-state index contributed by atoms with van der Waals surface area (Å²) in [5.74, 6) is -0.356. The number of nitrogens with zero attached hydrogens (tertiary/aromatic N) is 1. The van der Waals surface area contributed by atoms with E-state index in [2.05, 4.69) is 24.2 Å². The lowest BCUT2D eigenvalue weighted by Gasteiger charge is -2.32. The molecule has 0 saturated carbocycles. The fourth-order valence-corrected chi connectivity index (χ4v) is 2.72. The first-order valence-electron chi connectivity index (χ1n) is 6.46. The molecule has 1 saturated heterocycles.